The number of fused-ring (bicyclic) bond motifs is 1. The van der Waals surface area contributed by atoms with E-state index in [2.05, 4.69) is 11.4 Å². The van der Waals surface area contributed by atoms with Crippen molar-refractivity contribution in [3.8, 4) is 0 Å². The summed E-state index contributed by atoms with van der Waals surface area (Å²) in [5.74, 6) is -0.785. The van der Waals surface area contributed by atoms with E-state index in [1.165, 1.54) is 26.9 Å². The van der Waals surface area contributed by atoms with Crippen LogP contribution in [0.25, 0.3) is 0 Å². The number of hydrogen-bond acceptors (Lipinski definition) is 4. The minimum Gasteiger partial charge on any atom is -0.335 e. The standard InChI is InChI=1S/C20H23FN2O3S2/c1-14-18-9-12-27-19(18)8-11-23(14)20(24)15-3-2-10-22(13-15)28(25,26)17-6-4-16(21)5-7-17/h4-7,9,12,14-15H,2-3,8,10-11,13H2,1H3/t14-,15+/m0/s1. The summed E-state index contributed by atoms with van der Waals surface area (Å²) in [7, 11) is -3.73. The van der Waals surface area contributed by atoms with E-state index in [0.29, 0.717) is 25.9 Å². The average molecular weight is 423 g/mol. The minimum absolute atomic E-state index is 0.0200. The summed E-state index contributed by atoms with van der Waals surface area (Å²) in [6.07, 6.45) is 2.18. The van der Waals surface area contributed by atoms with Gasteiger partial charge in [-0.25, -0.2) is 12.8 Å². The Kier molecular flexibility index (Phi) is 5.28. The third kappa shape index (κ3) is 3.49. The van der Waals surface area contributed by atoms with Gasteiger partial charge < -0.3 is 4.90 Å². The fraction of sp³-hybridized carbons (Fsp3) is 0.450. The number of amides is 1. The van der Waals surface area contributed by atoms with Crippen LogP contribution in [-0.4, -0.2) is 43.2 Å². The smallest absolute Gasteiger partial charge is 0.243 e. The highest BCUT2D eigenvalue weighted by Gasteiger charge is 2.37. The molecule has 2 aromatic rings. The molecule has 8 heteroatoms. The van der Waals surface area contributed by atoms with Crippen molar-refractivity contribution >= 4 is 27.3 Å². The molecule has 0 bridgehead atoms. The van der Waals surface area contributed by atoms with Crippen molar-refractivity contribution in [2.45, 2.75) is 37.1 Å². The Bertz CT molecular complexity index is 972. The monoisotopic (exact) mass is 422 g/mol. The first kappa shape index (κ1) is 19.5. The molecule has 2 atom stereocenters. The summed E-state index contributed by atoms with van der Waals surface area (Å²) in [4.78, 5) is 16.5. The number of nitrogens with zero attached hydrogens (tertiary/aromatic N) is 2. The maximum absolute atomic E-state index is 13.2. The highest BCUT2D eigenvalue weighted by Crippen LogP contribution is 2.35. The lowest BCUT2D eigenvalue weighted by Crippen LogP contribution is -2.48. The van der Waals surface area contributed by atoms with E-state index in [9.17, 15) is 17.6 Å². The van der Waals surface area contributed by atoms with Gasteiger partial charge in [-0.05, 0) is 67.5 Å². The van der Waals surface area contributed by atoms with Gasteiger partial charge in [0.2, 0.25) is 15.9 Å². The van der Waals surface area contributed by atoms with E-state index in [0.717, 1.165) is 18.6 Å². The van der Waals surface area contributed by atoms with E-state index in [-0.39, 0.29) is 29.3 Å². The Balaban J connectivity index is 1.51. The molecule has 1 fully saturated rings. The Morgan fingerprint density at radius 1 is 1.18 bits per heavy atom. The molecule has 0 saturated carbocycles. The molecule has 1 aromatic carbocycles. The summed E-state index contributed by atoms with van der Waals surface area (Å²) in [6.45, 7) is 3.28. The fourth-order valence-electron chi connectivity index (χ4n) is 4.16. The summed E-state index contributed by atoms with van der Waals surface area (Å²) >= 11 is 1.73. The molecule has 150 valence electrons. The SMILES string of the molecule is C[C@H]1c2ccsc2CCN1C(=O)[C@@H]1CCCN(S(=O)(=O)c2ccc(F)cc2)C1. The molecule has 1 aromatic heterocycles. The summed E-state index contributed by atoms with van der Waals surface area (Å²) < 4.78 is 40.4. The number of thiophene rings is 1. The van der Waals surface area contributed by atoms with Gasteiger partial charge in [0.15, 0.2) is 0 Å². The van der Waals surface area contributed by atoms with E-state index in [4.69, 9.17) is 0 Å². The van der Waals surface area contributed by atoms with Crippen LogP contribution in [0.4, 0.5) is 4.39 Å². The molecule has 0 unspecified atom stereocenters. The van der Waals surface area contributed by atoms with Gasteiger partial charge in [0.1, 0.15) is 5.82 Å². The van der Waals surface area contributed by atoms with Gasteiger partial charge in [-0.2, -0.15) is 4.31 Å². The van der Waals surface area contributed by atoms with Crippen LogP contribution in [0.2, 0.25) is 0 Å². The Labute approximate surface area is 168 Å². The number of piperidine rings is 1. The molecule has 3 heterocycles. The van der Waals surface area contributed by atoms with Crippen molar-refractivity contribution < 1.29 is 17.6 Å². The van der Waals surface area contributed by atoms with Gasteiger partial charge in [0.05, 0.1) is 16.9 Å². The maximum atomic E-state index is 13.2. The van der Waals surface area contributed by atoms with Crippen LogP contribution in [-0.2, 0) is 21.2 Å². The zero-order valence-electron chi connectivity index (χ0n) is 15.7. The van der Waals surface area contributed by atoms with E-state index in [1.807, 2.05) is 11.8 Å². The Morgan fingerprint density at radius 2 is 1.93 bits per heavy atom. The maximum Gasteiger partial charge on any atom is 0.243 e. The molecule has 2 aliphatic heterocycles. The van der Waals surface area contributed by atoms with Crippen LogP contribution in [0.3, 0.4) is 0 Å². The molecule has 0 spiro atoms. The van der Waals surface area contributed by atoms with Gasteiger partial charge in [0.25, 0.3) is 0 Å². The number of rotatable bonds is 3. The first-order valence-electron chi connectivity index (χ1n) is 9.50. The topological polar surface area (TPSA) is 57.7 Å². The average Bonchev–Trinajstić information content (AvgIpc) is 3.18. The van der Waals surface area contributed by atoms with E-state index in [1.54, 1.807) is 11.3 Å². The van der Waals surface area contributed by atoms with Gasteiger partial charge in [0, 0.05) is 24.5 Å². The molecule has 0 aliphatic carbocycles. The predicted molar refractivity (Wildman–Crippen MR) is 106 cm³/mol. The number of carbonyl (C=O) groups is 1. The second-order valence-corrected chi connectivity index (χ2v) is 10.4. The number of carbonyl (C=O) groups excluding carboxylic acids is 1. The highest BCUT2D eigenvalue weighted by atomic mass is 32.2. The lowest BCUT2D eigenvalue weighted by atomic mass is 9.94. The first-order chi connectivity index (χ1) is 13.4. The third-order valence-electron chi connectivity index (χ3n) is 5.75. The quantitative estimate of drug-likeness (QED) is 0.761. The van der Waals surface area contributed by atoms with E-state index >= 15 is 0 Å². The van der Waals surface area contributed by atoms with Gasteiger partial charge in [-0.3, -0.25) is 4.79 Å². The van der Waals surface area contributed by atoms with Crippen LogP contribution >= 0.6 is 11.3 Å². The number of benzene rings is 1. The van der Waals surface area contributed by atoms with Crippen molar-refractivity contribution in [1.82, 2.24) is 9.21 Å². The minimum atomic E-state index is -3.73. The van der Waals surface area contributed by atoms with Crippen molar-refractivity contribution in [1.29, 1.82) is 0 Å². The molecular formula is C20H23FN2O3S2. The van der Waals surface area contributed by atoms with Crippen LogP contribution in [0.15, 0.2) is 40.6 Å². The van der Waals surface area contributed by atoms with Crippen molar-refractivity contribution in [3.63, 3.8) is 0 Å². The Hall–Kier alpha value is -1.77. The zero-order valence-corrected chi connectivity index (χ0v) is 17.3. The van der Waals surface area contributed by atoms with Crippen molar-refractivity contribution in [2.75, 3.05) is 19.6 Å². The van der Waals surface area contributed by atoms with Crippen molar-refractivity contribution in [3.05, 3.63) is 52.0 Å². The van der Waals surface area contributed by atoms with Gasteiger partial charge in [-0.15, -0.1) is 11.3 Å². The normalized spacial score (nSPS) is 23.4. The fourth-order valence-corrected chi connectivity index (χ4v) is 6.65. The second kappa shape index (κ2) is 7.57. The molecule has 28 heavy (non-hydrogen) atoms. The Morgan fingerprint density at radius 3 is 2.68 bits per heavy atom. The largest absolute Gasteiger partial charge is 0.335 e. The molecule has 4 rings (SSSR count). The highest BCUT2D eigenvalue weighted by molar-refractivity contribution is 7.89. The number of halogens is 1. The molecule has 1 saturated heterocycles. The summed E-state index contributed by atoms with van der Waals surface area (Å²) in [5.41, 5.74) is 1.20. The lowest BCUT2D eigenvalue weighted by molar-refractivity contribution is -0.139. The van der Waals surface area contributed by atoms with Crippen LogP contribution < -0.4 is 0 Å². The lowest BCUT2D eigenvalue weighted by Gasteiger charge is -2.39. The molecule has 0 radical (unpaired) electrons. The first-order valence-corrected chi connectivity index (χ1v) is 11.8. The van der Waals surface area contributed by atoms with Gasteiger partial charge >= 0.3 is 0 Å². The van der Waals surface area contributed by atoms with Gasteiger partial charge in [-0.1, -0.05) is 0 Å². The number of sulfonamides is 1. The zero-order chi connectivity index (χ0) is 19.9. The third-order valence-corrected chi connectivity index (χ3v) is 8.62. The molecule has 0 N–H and O–H groups in total. The van der Waals surface area contributed by atoms with Crippen LogP contribution in [0, 0.1) is 11.7 Å². The second-order valence-electron chi connectivity index (χ2n) is 7.41. The van der Waals surface area contributed by atoms with Crippen LogP contribution in [0.1, 0.15) is 36.2 Å². The van der Waals surface area contributed by atoms with E-state index < -0.39 is 15.8 Å². The molecular weight excluding hydrogens is 399 g/mol. The molecule has 5 nitrogen and oxygen atoms in total. The summed E-state index contributed by atoms with van der Waals surface area (Å²) in [5, 5.41) is 2.06. The summed E-state index contributed by atoms with van der Waals surface area (Å²) in [6, 6.07) is 6.95. The van der Waals surface area contributed by atoms with Crippen molar-refractivity contribution in [2.24, 2.45) is 5.92 Å². The molecule has 2 aliphatic rings. The predicted octanol–water partition coefficient (Wildman–Crippen LogP) is 3.43. The van der Waals surface area contributed by atoms with Crippen LogP contribution in [0.5, 0.6) is 0 Å². The number of hydrogen-bond donors (Lipinski definition) is 0. The molecule has 1 amide bonds.